The van der Waals surface area contributed by atoms with E-state index < -0.39 is 11.9 Å². The quantitative estimate of drug-likeness (QED) is 0.743. The van der Waals surface area contributed by atoms with Crippen molar-refractivity contribution in [3.8, 4) is 11.1 Å². The first-order chi connectivity index (χ1) is 7.59. The molecular formula is C11H7F3N2. The monoisotopic (exact) mass is 224 g/mol. The molecule has 2 aromatic heterocycles. The Kier molecular flexibility index (Phi) is 2.60. The molecule has 0 unspecified atom stereocenters. The molecule has 0 saturated carbocycles. The summed E-state index contributed by atoms with van der Waals surface area (Å²) in [7, 11) is 0. The Labute approximate surface area is 89.8 Å². The van der Waals surface area contributed by atoms with Gasteiger partial charge in [0, 0.05) is 24.2 Å². The van der Waals surface area contributed by atoms with Gasteiger partial charge in [0.1, 0.15) is 0 Å². The molecule has 0 bridgehead atoms. The van der Waals surface area contributed by atoms with Gasteiger partial charge in [-0.05, 0) is 23.8 Å². The van der Waals surface area contributed by atoms with E-state index in [1.807, 2.05) is 0 Å². The molecule has 2 heterocycles. The van der Waals surface area contributed by atoms with E-state index in [1.165, 1.54) is 36.7 Å². The van der Waals surface area contributed by atoms with Gasteiger partial charge in [-0.1, -0.05) is 6.07 Å². The number of pyridine rings is 2. The van der Waals surface area contributed by atoms with Gasteiger partial charge >= 0.3 is 6.18 Å². The summed E-state index contributed by atoms with van der Waals surface area (Å²) in [5.74, 6) is 0. The third kappa shape index (κ3) is 2.03. The van der Waals surface area contributed by atoms with Crippen LogP contribution in [0, 0.1) is 0 Å². The van der Waals surface area contributed by atoms with Crippen LogP contribution in [0.3, 0.4) is 0 Å². The van der Waals surface area contributed by atoms with Gasteiger partial charge in [0.2, 0.25) is 0 Å². The van der Waals surface area contributed by atoms with Crippen LogP contribution in [-0.2, 0) is 6.18 Å². The van der Waals surface area contributed by atoms with Crippen molar-refractivity contribution in [3.63, 3.8) is 0 Å². The van der Waals surface area contributed by atoms with Gasteiger partial charge in [0.15, 0.2) is 5.69 Å². The number of aromatic nitrogens is 2. The highest BCUT2D eigenvalue weighted by Crippen LogP contribution is 2.34. The highest BCUT2D eigenvalue weighted by molar-refractivity contribution is 5.65. The van der Waals surface area contributed by atoms with Crippen molar-refractivity contribution in [2.75, 3.05) is 0 Å². The molecule has 16 heavy (non-hydrogen) atoms. The van der Waals surface area contributed by atoms with Gasteiger partial charge in [-0.15, -0.1) is 0 Å². The normalized spacial score (nSPS) is 11.4. The van der Waals surface area contributed by atoms with E-state index in [0.717, 1.165) is 6.20 Å². The van der Waals surface area contributed by atoms with E-state index >= 15 is 0 Å². The minimum atomic E-state index is -4.44. The number of hydrogen-bond donors (Lipinski definition) is 0. The average Bonchev–Trinajstić information content (AvgIpc) is 2.29. The van der Waals surface area contributed by atoms with Crippen LogP contribution in [0.4, 0.5) is 13.2 Å². The number of alkyl halides is 3. The SMILES string of the molecule is FC(F)(F)c1ncccc1-c1ccncc1. The molecule has 2 nitrogen and oxygen atoms in total. The molecule has 0 spiro atoms. The predicted molar refractivity (Wildman–Crippen MR) is 52.5 cm³/mol. The molecule has 0 atom stereocenters. The summed E-state index contributed by atoms with van der Waals surface area (Å²) < 4.78 is 38.0. The Morgan fingerprint density at radius 2 is 1.62 bits per heavy atom. The third-order valence-electron chi connectivity index (χ3n) is 2.07. The van der Waals surface area contributed by atoms with E-state index in [1.54, 1.807) is 0 Å². The standard InChI is InChI=1S/C11H7F3N2/c12-11(13,14)10-9(2-1-5-16-10)8-3-6-15-7-4-8/h1-7H. The summed E-state index contributed by atoms with van der Waals surface area (Å²) >= 11 is 0. The van der Waals surface area contributed by atoms with Crippen molar-refractivity contribution in [2.24, 2.45) is 0 Å². The number of halogens is 3. The first-order valence-electron chi connectivity index (χ1n) is 4.51. The lowest BCUT2D eigenvalue weighted by Gasteiger charge is -2.10. The Balaban J connectivity index is 2.58. The van der Waals surface area contributed by atoms with Gasteiger partial charge in [0.05, 0.1) is 0 Å². The fourth-order valence-electron chi connectivity index (χ4n) is 1.40. The van der Waals surface area contributed by atoms with Gasteiger partial charge in [-0.3, -0.25) is 9.97 Å². The molecule has 2 aromatic rings. The second kappa shape index (κ2) is 3.92. The topological polar surface area (TPSA) is 25.8 Å². The lowest BCUT2D eigenvalue weighted by atomic mass is 10.1. The Hall–Kier alpha value is -1.91. The molecular weight excluding hydrogens is 217 g/mol. The van der Waals surface area contributed by atoms with Gasteiger partial charge in [-0.25, -0.2) is 0 Å². The fraction of sp³-hybridized carbons (Fsp3) is 0.0909. The summed E-state index contributed by atoms with van der Waals surface area (Å²) in [4.78, 5) is 7.14. The maximum atomic E-state index is 12.7. The summed E-state index contributed by atoms with van der Waals surface area (Å²) in [5.41, 5.74) is -0.353. The maximum Gasteiger partial charge on any atom is 0.433 e. The van der Waals surface area contributed by atoms with Crippen LogP contribution in [0.5, 0.6) is 0 Å². The molecule has 0 N–H and O–H groups in total. The lowest BCUT2D eigenvalue weighted by molar-refractivity contribution is -0.140. The molecule has 5 heteroatoms. The van der Waals surface area contributed by atoms with Crippen molar-refractivity contribution in [3.05, 3.63) is 48.5 Å². The van der Waals surface area contributed by atoms with E-state index in [4.69, 9.17) is 0 Å². The van der Waals surface area contributed by atoms with Crippen LogP contribution in [-0.4, -0.2) is 9.97 Å². The summed E-state index contributed by atoms with van der Waals surface area (Å²) in [6, 6.07) is 5.91. The first-order valence-corrected chi connectivity index (χ1v) is 4.51. The molecule has 2 rings (SSSR count). The van der Waals surface area contributed by atoms with Gasteiger partial charge in [-0.2, -0.15) is 13.2 Å². The Morgan fingerprint density at radius 3 is 2.25 bits per heavy atom. The molecule has 0 aliphatic rings. The highest BCUT2D eigenvalue weighted by Gasteiger charge is 2.35. The van der Waals surface area contributed by atoms with E-state index in [9.17, 15) is 13.2 Å². The van der Waals surface area contributed by atoms with Crippen LogP contribution in [0.1, 0.15) is 5.69 Å². The van der Waals surface area contributed by atoms with Crippen molar-refractivity contribution in [2.45, 2.75) is 6.18 Å². The summed E-state index contributed by atoms with van der Waals surface area (Å²) in [6.45, 7) is 0. The van der Waals surface area contributed by atoms with Gasteiger partial charge in [0.25, 0.3) is 0 Å². The smallest absolute Gasteiger partial charge is 0.265 e. The number of hydrogen-bond acceptors (Lipinski definition) is 2. The predicted octanol–water partition coefficient (Wildman–Crippen LogP) is 3.16. The molecule has 82 valence electrons. The van der Waals surface area contributed by atoms with Crippen LogP contribution in [0.2, 0.25) is 0 Å². The Morgan fingerprint density at radius 1 is 0.938 bits per heavy atom. The minimum absolute atomic E-state index is 0.0670. The molecule has 0 amide bonds. The molecule has 0 fully saturated rings. The highest BCUT2D eigenvalue weighted by atomic mass is 19.4. The van der Waals surface area contributed by atoms with E-state index in [2.05, 4.69) is 9.97 Å². The number of rotatable bonds is 1. The van der Waals surface area contributed by atoms with Crippen LogP contribution in [0.15, 0.2) is 42.9 Å². The van der Waals surface area contributed by atoms with Crippen molar-refractivity contribution >= 4 is 0 Å². The third-order valence-corrected chi connectivity index (χ3v) is 2.07. The molecule has 0 aliphatic carbocycles. The average molecular weight is 224 g/mol. The van der Waals surface area contributed by atoms with Crippen LogP contribution < -0.4 is 0 Å². The second-order valence-corrected chi connectivity index (χ2v) is 3.13. The van der Waals surface area contributed by atoms with Crippen molar-refractivity contribution in [1.82, 2.24) is 9.97 Å². The molecule has 0 saturated heterocycles. The molecule has 0 aromatic carbocycles. The minimum Gasteiger partial charge on any atom is -0.265 e. The zero-order valence-electron chi connectivity index (χ0n) is 8.07. The maximum absolute atomic E-state index is 12.7. The Bertz CT molecular complexity index is 480. The fourth-order valence-corrected chi connectivity index (χ4v) is 1.40. The first kappa shape index (κ1) is 10.6. The zero-order chi connectivity index (χ0) is 11.6. The van der Waals surface area contributed by atoms with Gasteiger partial charge < -0.3 is 0 Å². The van der Waals surface area contributed by atoms with Crippen LogP contribution >= 0.6 is 0 Å². The van der Waals surface area contributed by atoms with Crippen LogP contribution in [0.25, 0.3) is 11.1 Å². The molecule has 0 aliphatic heterocycles. The zero-order valence-corrected chi connectivity index (χ0v) is 8.07. The van der Waals surface area contributed by atoms with E-state index in [0.29, 0.717) is 5.56 Å². The number of nitrogens with zero attached hydrogens (tertiary/aromatic N) is 2. The van der Waals surface area contributed by atoms with Crippen molar-refractivity contribution in [1.29, 1.82) is 0 Å². The lowest BCUT2D eigenvalue weighted by Crippen LogP contribution is -2.09. The van der Waals surface area contributed by atoms with E-state index in [-0.39, 0.29) is 5.56 Å². The summed E-state index contributed by atoms with van der Waals surface area (Å²) in [6.07, 6.45) is -0.418. The second-order valence-electron chi connectivity index (χ2n) is 3.13. The van der Waals surface area contributed by atoms with Crippen molar-refractivity contribution < 1.29 is 13.2 Å². The summed E-state index contributed by atoms with van der Waals surface area (Å²) in [5, 5.41) is 0. The largest absolute Gasteiger partial charge is 0.433 e. The molecule has 0 radical (unpaired) electrons.